The molecule has 2 heterocycles. The Morgan fingerprint density at radius 3 is 2.52 bits per heavy atom. The zero-order valence-corrected chi connectivity index (χ0v) is 15.7. The third kappa shape index (κ3) is 3.03. The van der Waals surface area contributed by atoms with Crippen molar-refractivity contribution in [3.05, 3.63) is 58.9 Å². The van der Waals surface area contributed by atoms with E-state index in [-0.39, 0.29) is 0 Å². The third-order valence-electron chi connectivity index (χ3n) is 4.38. The van der Waals surface area contributed by atoms with Crippen LogP contribution in [0.4, 0.5) is 5.82 Å². The second kappa shape index (κ2) is 6.69. The molecule has 3 rings (SSSR count). The van der Waals surface area contributed by atoms with E-state index in [0.29, 0.717) is 11.2 Å². The van der Waals surface area contributed by atoms with E-state index < -0.39 is 10.7 Å². The lowest BCUT2D eigenvalue weighted by Gasteiger charge is -2.22. The highest BCUT2D eigenvalue weighted by atomic mass is 32.2. The van der Waals surface area contributed by atoms with Gasteiger partial charge in [-0.2, -0.15) is 5.26 Å². The summed E-state index contributed by atoms with van der Waals surface area (Å²) in [5.41, 5.74) is 4.60. The Bertz CT molecular complexity index is 993. The Balaban J connectivity index is 2.17. The molecule has 1 aromatic carbocycles. The van der Waals surface area contributed by atoms with Crippen LogP contribution in [-0.2, 0) is 17.1 Å². The van der Waals surface area contributed by atoms with Crippen molar-refractivity contribution < 1.29 is 0 Å². The molecule has 0 bridgehead atoms. The van der Waals surface area contributed by atoms with Gasteiger partial charge in [0.05, 0.1) is 5.56 Å². The van der Waals surface area contributed by atoms with Crippen molar-refractivity contribution in [2.75, 3.05) is 25.3 Å². The van der Waals surface area contributed by atoms with Gasteiger partial charge in [-0.1, -0.05) is 22.8 Å². The van der Waals surface area contributed by atoms with Crippen LogP contribution in [0.5, 0.6) is 0 Å². The molecule has 0 aliphatic carbocycles. The number of nitriles is 1. The molecule has 0 fully saturated rings. The summed E-state index contributed by atoms with van der Waals surface area (Å²) in [6, 6.07) is 10.5. The van der Waals surface area contributed by atoms with E-state index >= 15 is 0 Å². The van der Waals surface area contributed by atoms with Crippen LogP contribution in [-0.4, -0.2) is 29.7 Å². The van der Waals surface area contributed by atoms with E-state index in [0.717, 1.165) is 28.3 Å². The standard InChI is InChI=1S/C19H21N5S/c1-13-16(11-14-5-7-15(8-6-14)25(4)21)19(23(2)3)24-10-9-22-18(24)17(13)12-20/h5-10,21H,11H2,1-4H3/t25-/m0/s1. The first-order valence-corrected chi connectivity index (χ1v) is 9.59. The maximum atomic E-state index is 9.62. The van der Waals surface area contributed by atoms with Crippen molar-refractivity contribution in [2.24, 2.45) is 0 Å². The molecule has 1 N–H and O–H groups in total. The largest absolute Gasteiger partial charge is 0.364 e. The molecule has 3 aromatic rings. The number of rotatable bonds is 4. The molecule has 0 saturated heterocycles. The van der Waals surface area contributed by atoms with Gasteiger partial charge >= 0.3 is 0 Å². The van der Waals surface area contributed by atoms with Gasteiger partial charge in [0.1, 0.15) is 11.9 Å². The van der Waals surface area contributed by atoms with Gasteiger partial charge in [0.2, 0.25) is 0 Å². The van der Waals surface area contributed by atoms with Crippen LogP contribution in [0.1, 0.15) is 22.3 Å². The zero-order chi connectivity index (χ0) is 18.1. The zero-order valence-electron chi connectivity index (χ0n) is 14.9. The number of nitrogens with one attached hydrogen (secondary N) is 1. The molecule has 5 nitrogen and oxygen atoms in total. The minimum atomic E-state index is -0.482. The van der Waals surface area contributed by atoms with Crippen LogP contribution in [0, 0.1) is 23.0 Å². The quantitative estimate of drug-likeness (QED) is 0.782. The van der Waals surface area contributed by atoms with E-state index in [9.17, 15) is 5.26 Å². The first kappa shape index (κ1) is 17.2. The lowest BCUT2D eigenvalue weighted by molar-refractivity contribution is 0.973. The van der Waals surface area contributed by atoms with Crippen molar-refractivity contribution in [1.29, 1.82) is 10.0 Å². The first-order valence-electron chi connectivity index (χ1n) is 7.96. The van der Waals surface area contributed by atoms with Crippen molar-refractivity contribution in [3.8, 4) is 6.07 Å². The number of hydrogen-bond donors (Lipinski definition) is 1. The lowest BCUT2D eigenvalue weighted by atomic mass is 9.97. The maximum Gasteiger partial charge on any atom is 0.156 e. The molecular formula is C19H21N5S. The Labute approximate surface area is 150 Å². The number of benzene rings is 1. The van der Waals surface area contributed by atoms with Crippen LogP contribution in [0.2, 0.25) is 0 Å². The molecule has 6 heteroatoms. The smallest absolute Gasteiger partial charge is 0.156 e. The maximum absolute atomic E-state index is 9.62. The highest BCUT2D eigenvalue weighted by Gasteiger charge is 2.19. The number of hydrogen-bond acceptors (Lipinski definition) is 4. The normalized spacial score (nSPS) is 12.1. The summed E-state index contributed by atoms with van der Waals surface area (Å²) in [6.45, 7) is 2.00. The minimum absolute atomic E-state index is 0.482. The molecule has 128 valence electrons. The van der Waals surface area contributed by atoms with Crippen molar-refractivity contribution in [3.63, 3.8) is 0 Å². The summed E-state index contributed by atoms with van der Waals surface area (Å²) < 4.78 is 9.82. The average Bonchev–Trinajstić information content (AvgIpc) is 3.04. The van der Waals surface area contributed by atoms with E-state index in [1.165, 1.54) is 5.56 Å². The van der Waals surface area contributed by atoms with Crippen molar-refractivity contribution in [1.82, 2.24) is 9.38 Å². The van der Waals surface area contributed by atoms with Crippen LogP contribution >= 0.6 is 0 Å². The average molecular weight is 351 g/mol. The fourth-order valence-corrected chi connectivity index (χ4v) is 3.68. The molecule has 0 saturated carbocycles. The van der Waals surface area contributed by atoms with Gasteiger partial charge in [0, 0.05) is 43.4 Å². The third-order valence-corrected chi connectivity index (χ3v) is 5.36. The molecular weight excluding hydrogens is 330 g/mol. The molecule has 0 aliphatic rings. The van der Waals surface area contributed by atoms with Crippen LogP contribution in [0.3, 0.4) is 0 Å². The number of nitrogens with zero attached hydrogens (tertiary/aromatic N) is 4. The molecule has 1 atom stereocenters. The SMILES string of the molecule is Cc1c(Cc2ccc([S@](C)=N)cc2)c(N(C)C)n2ccnc2c1C#N. The van der Waals surface area contributed by atoms with Gasteiger partial charge in [0.25, 0.3) is 0 Å². The molecule has 0 amide bonds. The Hall–Kier alpha value is -2.65. The highest BCUT2D eigenvalue weighted by Crippen LogP contribution is 2.30. The van der Waals surface area contributed by atoms with Crippen LogP contribution in [0.25, 0.3) is 5.65 Å². The van der Waals surface area contributed by atoms with E-state index in [2.05, 4.69) is 28.1 Å². The van der Waals surface area contributed by atoms with Gasteiger partial charge < -0.3 is 4.90 Å². The van der Waals surface area contributed by atoms with Crippen molar-refractivity contribution in [2.45, 2.75) is 18.2 Å². The van der Waals surface area contributed by atoms with E-state index in [1.54, 1.807) is 6.20 Å². The molecule has 25 heavy (non-hydrogen) atoms. The number of fused-ring (bicyclic) bond motifs is 1. The summed E-state index contributed by atoms with van der Waals surface area (Å²) in [4.78, 5) is 7.47. The number of anilines is 1. The second-order valence-electron chi connectivity index (χ2n) is 6.26. The summed E-state index contributed by atoms with van der Waals surface area (Å²) in [5.74, 6) is 1.05. The van der Waals surface area contributed by atoms with Gasteiger partial charge in [-0.3, -0.25) is 9.18 Å². The van der Waals surface area contributed by atoms with Crippen molar-refractivity contribution >= 4 is 22.2 Å². The number of aromatic nitrogens is 2. The fourth-order valence-electron chi connectivity index (χ4n) is 3.14. The Morgan fingerprint density at radius 1 is 1.28 bits per heavy atom. The fraction of sp³-hybridized carbons (Fsp3) is 0.263. The lowest BCUT2D eigenvalue weighted by Crippen LogP contribution is -2.18. The topological polar surface area (TPSA) is 68.2 Å². The number of imidazole rings is 1. The van der Waals surface area contributed by atoms with E-state index in [4.69, 9.17) is 4.78 Å². The minimum Gasteiger partial charge on any atom is -0.364 e. The van der Waals surface area contributed by atoms with E-state index in [1.807, 2.05) is 50.0 Å². The van der Waals surface area contributed by atoms with Gasteiger partial charge in [-0.15, -0.1) is 0 Å². The van der Waals surface area contributed by atoms with Gasteiger partial charge in [-0.05, 0) is 36.4 Å². The molecule has 2 aromatic heterocycles. The van der Waals surface area contributed by atoms with Gasteiger partial charge in [0.15, 0.2) is 5.65 Å². The Morgan fingerprint density at radius 2 is 1.96 bits per heavy atom. The van der Waals surface area contributed by atoms with Crippen LogP contribution < -0.4 is 4.90 Å². The monoisotopic (exact) mass is 351 g/mol. The first-order chi connectivity index (χ1) is 11.9. The van der Waals surface area contributed by atoms with Gasteiger partial charge in [-0.25, -0.2) is 4.98 Å². The summed E-state index contributed by atoms with van der Waals surface area (Å²) in [5, 5.41) is 9.62. The molecule has 0 radical (unpaired) electrons. The summed E-state index contributed by atoms with van der Waals surface area (Å²) >= 11 is 0. The van der Waals surface area contributed by atoms with Crippen LogP contribution in [0.15, 0.2) is 41.6 Å². The predicted octanol–water partition coefficient (Wildman–Crippen LogP) is 3.54. The molecule has 0 spiro atoms. The Kier molecular flexibility index (Phi) is 4.60. The second-order valence-corrected chi connectivity index (χ2v) is 7.75. The highest BCUT2D eigenvalue weighted by molar-refractivity contribution is 7.85. The number of pyridine rings is 1. The molecule has 0 unspecified atom stereocenters. The summed E-state index contributed by atoms with van der Waals surface area (Å²) in [7, 11) is 3.54. The molecule has 0 aliphatic heterocycles. The predicted molar refractivity (Wildman–Crippen MR) is 102 cm³/mol. The summed E-state index contributed by atoms with van der Waals surface area (Å²) in [6.07, 6.45) is 6.27.